The molecule has 0 spiro atoms. The molecule has 0 radical (unpaired) electrons. The molecule has 0 unspecified atom stereocenters. The predicted molar refractivity (Wildman–Crippen MR) is 70.5 cm³/mol. The van der Waals surface area contributed by atoms with Gasteiger partial charge in [-0.05, 0) is 47.7 Å². The maximum absolute atomic E-state index is 12.6. The van der Waals surface area contributed by atoms with Gasteiger partial charge in [-0.25, -0.2) is 0 Å². The maximum Gasteiger partial charge on any atom is 0.406 e. The molecule has 20 heavy (non-hydrogen) atoms. The van der Waals surface area contributed by atoms with Crippen molar-refractivity contribution in [3.63, 3.8) is 0 Å². The Bertz CT molecular complexity index is 532. The average Bonchev–Trinajstić information content (AvgIpc) is 3.22. The molecule has 0 aliphatic heterocycles. The average molecular weight is 351 g/mol. The minimum Gasteiger partial charge on any atom is -0.339 e. The molecule has 0 saturated heterocycles. The number of rotatable bonds is 4. The Morgan fingerprint density at radius 3 is 2.50 bits per heavy atom. The summed E-state index contributed by atoms with van der Waals surface area (Å²) in [7, 11) is 0. The lowest BCUT2D eigenvalue weighted by Gasteiger charge is -2.24. The minimum atomic E-state index is -4.35. The fourth-order valence-electron chi connectivity index (χ4n) is 2.37. The van der Waals surface area contributed by atoms with Crippen molar-refractivity contribution < 1.29 is 18.0 Å². The van der Waals surface area contributed by atoms with Gasteiger partial charge in [0.25, 0.3) is 5.91 Å². The standard InChI is InChI=1S/C13H14BrF3N2O/c14-8-5-11(18(6-8)9-1-2-9)12(20)19(10-3-4-10)7-13(15,16)17/h5-6,9-10H,1-4,7H2. The zero-order valence-corrected chi connectivity index (χ0v) is 12.2. The highest BCUT2D eigenvalue weighted by molar-refractivity contribution is 9.10. The van der Waals surface area contributed by atoms with Crippen LogP contribution in [0.15, 0.2) is 16.7 Å². The monoisotopic (exact) mass is 350 g/mol. The van der Waals surface area contributed by atoms with Crippen LogP contribution in [0.25, 0.3) is 0 Å². The van der Waals surface area contributed by atoms with E-state index in [1.807, 2.05) is 0 Å². The second-order valence-electron chi connectivity index (χ2n) is 5.46. The van der Waals surface area contributed by atoms with E-state index in [9.17, 15) is 18.0 Å². The highest BCUT2D eigenvalue weighted by Gasteiger charge is 2.42. The Kier molecular flexibility index (Phi) is 3.35. The molecule has 1 amide bonds. The normalized spacial score (nSPS) is 19.2. The molecule has 1 aromatic heterocycles. The summed E-state index contributed by atoms with van der Waals surface area (Å²) in [6, 6.07) is 1.62. The molecule has 1 aromatic rings. The lowest BCUT2D eigenvalue weighted by atomic mass is 10.3. The minimum absolute atomic E-state index is 0.257. The van der Waals surface area contributed by atoms with E-state index in [1.165, 1.54) is 0 Å². The molecule has 2 saturated carbocycles. The van der Waals surface area contributed by atoms with Gasteiger partial charge in [-0.3, -0.25) is 4.79 Å². The van der Waals surface area contributed by atoms with Gasteiger partial charge in [0.2, 0.25) is 0 Å². The molecular weight excluding hydrogens is 337 g/mol. The fraction of sp³-hybridized carbons (Fsp3) is 0.615. The van der Waals surface area contributed by atoms with Crippen LogP contribution in [0.1, 0.15) is 42.2 Å². The second kappa shape index (κ2) is 4.79. The van der Waals surface area contributed by atoms with E-state index < -0.39 is 18.6 Å². The molecule has 2 aliphatic carbocycles. The number of hydrogen-bond donors (Lipinski definition) is 0. The number of halogens is 4. The summed E-state index contributed by atoms with van der Waals surface area (Å²) in [5, 5.41) is 0. The van der Waals surface area contributed by atoms with Crippen LogP contribution in [0.3, 0.4) is 0 Å². The summed E-state index contributed by atoms with van der Waals surface area (Å²) in [4.78, 5) is 13.4. The van der Waals surface area contributed by atoms with Crippen LogP contribution >= 0.6 is 15.9 Å². The smallest absolute Gasteiger partial charge is 0.339 e. The third-order valence-electron chi connectivity index (χ3n) is 3.57. The maximum atomic E-state index is 12.6. The van der Waals surface area contributed by atoms with Gasteiger partial charge < -0.3 is 9.47 Å². The van der Waals surface area contributed by atoms with Crippen molar-refractivity contribution in [2.24, 2.45) is 0 Å². The van der Waals surface area contributed by atoms with Crippen molar-refractivity contribution >= 4 is 21.8 Å². The van der Waals surface area contributed by atoms with Crippen molar-refractivity contribution in [2.75, 3.05) is 6.54 Å². The first kappa shape index (κ1) is 14.0. The van der Waals surface area contributed by atoms with Gasteiger partial charge >= 0.3 is 6.18 Å². The number of nitrogens with zero attached hydrogens (tertiary/aromatic N) is 2. The molecule has 0 atom stereocenters. The van der Waals surface area contributed by atoms with Gasteiger partial charge in [0.1, 0.15) is 12.2 Å². The summed E-state index contributed by atoms with van der Waals surface area (Å²) in [5.41, 5.74) is 0.357. The van der Waals surface area contributed by atoms with E-state index in [0.717, 1.165) is 22.2 Å². The summed E-state index contributed by atoms with van der Waals surface area (Å²) >= 11 is 3.30. The molecule has 2 fully saturated rings. The molecule has 1 heterocycles. The van der Waals surface area contributed by atoms with E-state index in [4.69, 9.17) is 0 Å². The van der Waals surface area contributed by atoms with Crippen molar-refractivity contribution in [2.45, 2.75) is 43.9 Å². The number of amides is 1. The third-order valence-corrected chi connectivity index (χ3v) is 4.01. The summed E-state index contributed by atoms with van der Waals surface area (Å²) in [6.45, 7) is -1.16. The van der Waals surface area contributed by atoms with Gasteiger partial charge in [-0.1, -0.05) is 0 Å². The highest BCUT2D eigenvalue weighted by atomic mass is 79.9. The molecule has 2 aliphatic rings. The van der Waals surface area contributed by atoms with Crippen molar-refractivity contribution in [1.29, 1.82) is 0 Å². The first-order valence-corrected chi connectivity index (χ1v) is 7.39. The topological polar surface area (TPSA) is 25.2 Å². The zero-order valence-electron chi connectivity index (χ0n) is 10.7. The SMILES string of the molecule is O=C(c1cc(Br)cn1C1CC1)N(CC(F)(F)F)C1CC1. The van der Waals surface area contributed by atoms with Crippen molar-refractivity contribution in [3.05, 3.63) is 22.4 Å². The van der Waals surface area contributed by atoms with Gasteiger partial charge in [0, 0.05) is 22.8 Å². The molecular formula is C13H14BrF3N2O. The van der Waals surface area contributed by atoms with Gasteiger partial charge in [0.15, 0.2) is 0 Å². The van der Waals surface area contributed by atoms with Crippen LogP contribution in [-0.4, -0.2) is 34.1 Å². The first-order valence-electron chi connectivity index (χ1n) is 6.60. The Balaban J connectivity index is 1.85. The van der Waals surface area contributed by atoms with Crippen LogP contribution in [0.5, 0.6) is 0 Å². The van der Waals surface area contributed by atoms with Gasteiger partial charge in [-0.15, -0.1) is 0 Å². The number of aromatic nitrogens is 1. The van der Waals surface area contributed by atoms with Gasteiger partial charge in [-0.2, -0.15) is 13.2 Å². The molecule has 0 bridgehead atoms. The molecule has 3 nitrogen and oxygen atoms in total. The molecule has 110 valence electrons. The number of hydrogen-bond acceptors (Lipinski definition) is 1. The molecule has 0 N–H and O–H groups in total. The van der Waals surface area contributed by atoms with Crippen LogP contribution < -0.4 is 0 Å². The number of carbonyl (C=O) groups is 1. The number of alkyl halides is 3. The third kappa shape index (κ3) is 3.02. The summed E-state index contributed by atoms with van der Waals surface area (Å²) < 4.78 is 40.4. The largest absolute Gasteiger partial charge is 0.406 e. The summed E-state index contributed by atoms with van der Waals surface area (Å²) in [5.74, 6) is -0.512. The zero-order chi connectivity index (χ0) is 14.5. The van der Waals surface area contributed by atoms with Crippen LogP contribution in [0.2, 0.25) is 0 Å². The second-order valence-corrected chi connectivity index (χ2v) is 6.38. The quantitative estimate of drug-likeness (QED) is 0.811. The lowest BCUT2D eigenvalue weighted by Crippen LogP contribution is -2.41. The highest BCUT2D eigenvalue weighted by Crippen LogP contribution is 2.39. The Morgan fingerprint density at radius 2 is 2.00 bits per heavy atom. The predicted octanol–water partition coefficient (Wildman–Crippen LogP) is 3.75. The Hall–Kier alpha value is -0.980. The number of carbonyl (C=O) groups excluding carboxylic acids is 1. The molecule has 7 heteroatoms. The van der Waals surface area contributed by atoms with Crippen LogP contribution in [0, 0.1) is 0 Å². The van der Waals surface area contributed by atoms with Crippen molar-refractivity contribution in [3.8, 4) is 0 Å². The summed E-state index contributed by atoms with van der Waals surface area (Å²) in [6.07, 6.45) is 0.699. The van der Waals surface area contributed by atoms with E-state index in [0.29, 0.717) is 18.5 Å². The van der Waals surface area contributed by atoms with Gasteiger partial charge in [0.05, 0.1) is 0 Å². The van der Waals surface area contributed by atoms with E-state index >= 15 is 0 Å². The van der Waals surface area contributed by atoms with Crippen LogP contribution in [0.4, 0.5) is 13.2 Å². The van der Waals surface area contributed by atoms with E-state index in [-0.39, 0.29) is 12.1 Å². The first-order chi connectivity index (χ1) is 9.35. The Morgan fingerprint density at radius 1 is 1.35 bits per heavy atom. The van der Waals surface area contributed by atoms with E-state index in [2.05, 4.69) is 15.9 Å². The molecule has 0 aromatic carbocycles. The van der Waals surface area contributed by atoms with Crippen LogP contribution in [-0.2, 0) is 0 Å². The lowest BCUT2D eigenvalue weighted by molar-refractivity contribution is -0.141. The fourth-order valence-corrected chi connectivity index (χ4v) is 2.80. The van der Waals surface area contributed by atoms with E-state index in [1.54, 1.807) is 16.8 Å². The molecule has 3 rings (SSSR count). The Labute approximate surface area is 122 Å². The van der Waals surface area contributed by atoms with Crippen molar-refractivity contribution in [1.82, 2.24) is 9.47 Å².